The van der Waals surface area contributed by atoms with Gasteiger partial charge in [-0.25, -0.2) is 4.79 Å². The Morgan fingerprint density at radius 1 is 0.966 bits per heavy atom. The molecule has 0 bridgehead atoms. The molecule has 0 aliphatic carbocycles. The number of hydrogen-bond donors (Lipinski definition) is 3. The summed E-state index contributed by atoms with van der Waals surface area (Å²) in [6, 6.07) is 12.7. The van der Waals surface area contributed by atoms with Crippen LogP contribution in [-0.4, -0.2) is 56.3 Å². The molecule has 0 saturated carbocycles. The van der Waals surface area contributed by atoms with Crippen molar-refractivity contribution >= 4 is 17.5 Å². The topological polar surface area (TPSA) is 121 Å². The molecule has 1 heterocycles. The van der Waals surface area contributed by atoms with Crippen LogP contribution in [0.25, 0.3) is 0 Å². The number of ketones is 2. The lowest BCUT2D eigenvalue weighted by Gasteiger charge is -2.34. The number of cyclic esters (lactones) is 1. The summed E-state index contributed by atoms with van der Waals surface area (Å²) in [5.74, 6) is -3.16. The Morgan fingerprint density at radius 2 is 1.45 bits per heavy atom. The molecule has 1 aliphatic rings. The van der Waals surface area contributed by atoms with Crippen molar-refractivity contribution in [2.45, 2.75) is 44.2 Å². The van der Waals surface area contributed by atoms with Gasteiger partial charge in [-0.15, -0.1) is 0 Å². The fourth-order valence-electron chi connectivity index (χ4n) is 3.57. The molecule has 152 valence electrons. The zero-order valence-electron chi connectivity index (χ0n) is 16.2. The summed E-state index contributed by atoms with van der Waals surface area (Å²) in [6.45, 7) is 4.20. The number of benzene rings is 2. The summed E-state index contributed by atoms with van der Waals surface area (Å²) in [7, 11) is 0. The molecule has 7 heteroatoms. The summed E-state index contributed by atoms with van der Waals surface area (Å²) in [4.78, 5) is 38.3. The molecule has 0 amide bonds. The Hall–Kier alpha value is -2.87. The molecule has 1 fully saturated rings. The highest BCUT2D eigenvalue weighted by Gasteiger charge is 2.71. The van der Waals surface area contributed by atoms with Crippen LogP contribution in [0.4, 0.5) is 0 Å². The highest BCUT2D eigenvalue weighted by Crippen LogP contribution is 2.41. The number of ether oxygens (including phenoxy) is 1. The minimum absolute atomic E-state index is 0.0362. The quantitative estimate of drug-likeness (QED) is 0.510. The summed E-state index contributed by atoms with van der Waals surface area (Å²) in [6.07, 6.45) is -4.05. The molecule has 2 aromatic carbocycles. The van der Waals surface area contributed by atoms with Gasteiger partial charge in [0.1, 0.15) is 0 Å². The molecule has 3 rings (SSSR count). The van der Waals surface area contributed by atoms with Gasteiger partial charge in [0.05, 0.1) is 0 Å². The second-order valence-electron chi connectivity index (χ2n) is 7.43. The van der Waals surface area contributed by atoms with Crippen LogP contribution in [0.5, 0.6) is 0 Å². The zero-order valence-corrected chi connectivity index (χ0v) is 16.2. The third kappa shape index (κ3) is 3.07. The van der Waals surface area contributed by atoms with Gasteiger partial charge in [-0.2, -0.15) is 0 Å². The van der Waals surface area contributed by atoms with Crippen molar-refractivity contribution < 1.29 is 34.4 Å². The summed E-state index contributed by atoms with van der Waals surface area (Å²) in [5, 5.41) is 32.6. The van der Waals surface area contributed by atoms with Gasteiger partial charge in [-0.3, -0.25) is 9.59 Å². The molecular weight excluding hydrogens is 376 g/mol. The Balaban J connectivity index is 2.09. The standard InChI is InChI=1S/C22H22O7/c1-12-8-4-6-10-14(12)16(23)17(24)19-22(28,21(3,27)20(26)29-19)18(25)15-11-7-5-9-13(15)2/h4-11,17,19,24,27-28H,1-3H3/t17?,19-,21+,22-/m1/s1. The van der Waals surface area contributed by atoms with Crippen LogP contribution in [0.15, 0.2) is 48.5 Å². The van der Waals surface area contributed by atoms with Gasteiger partial charge < -0.3 is 20.1 Å². The average Bonchev–Trinajstić information content (AvgIpc) is 2.88. The van der Waals surface area contributed by atoms with E-state index in [1.165, 1.54) is 12.1 Å². The maximum absolute atomic E-state index is 13.2. The summed E-state index contributed by atoms with van der Waals surface area (Å²) < 4.78 is 4.99. The highest BCUT2D eigenvalue weighted by molar-refractivity contribution is 6.11. The second-order valence-corrected chi connectivity index (χ2v) is 7.43. The molecule has 7 nitrogen and oxygen atoms in total. The molecule has 1 unspecified atom stereocenters. The van der Waals surface area contributed by atoms with Gasteiger partial charge in [0.25, 0.3) is 0 Å². The number of carbonyl (C=O) groups is 3. The van der Waals surface area contributed by atoms with Crippen molar-refractivity contribution in [3.63, 3.8) is 0 Å². The van der Waals surface area contributed by atoms with E-state index in [0.717, 1.165) is 6.92 Å². The maximum Gasteiger partial charge on any atom is 0.342 e. The fourth-order valence-corrected chi connectivity index (χ4v) is 3.57. The Morgan fingerprint density at radius 3 is 1.97 bits per heavy atom. The van der Waals surface area contributed by atoms with Crippen molar-refractivity contribution in [1.29, 1.82) is 0 Å². The molecule has 0 aromatic heterocycles. The highest BCUT2D eigenvalue weighted by atomic mass is 16.6. The van der Waals surface area contributed by atoms with Gasteiger partial charge in [-0.1, -0.05) is 48.5 Å². The molecule has 2 aromatic rings. The first kappa shape index (κ1) is 20.9. The van der Waals surface area contributed by atoms with Crippen molar-refractivity contribution in [1.82, 2.24) is 0 Å². The lowest BCUT2D eigenvalue weighted by Crippen LogP contribution is -2.64. The Labute approximate surface area is 167 Å². The van der Waals surface area contributed by atoms with E-state index >= 15 is 0 Å². The molecule has 0 spiro atoms. The van der Waals surface area contributed by atoms with Crippen molar-refractivity contribution in [3.05, 3.63) is 70.8 Å². The number of hydrogen-bond acceptors (Lipinski definition) is 7. The van der Waals surface area contributed by atoms with Gasteiger partial charge in [0, 0.05) is 11.1 Å². The summed E-state index contributed by atoms with van der Waals surface area (Å²) in [5.41, 5.74) is -4.30. The molecule has 29 heavy (non-hydrogen) atoms. The van der Waals surface area contributed by atoms with E-state index in [-0.39, 0.29) is 11.1 Å². The van der Waals surface area contributed by atoms with Crippen LogP contribution < -0.4 is 0 Å². The number of aliphatic hydroxyl groups is 3. The first-order chi connectivity index (χ1) is 13.5. The van der Waals surface area contributed by atoms with Gasteiger partial charge in [0.2, 0.25) is 11.4 Å². The third-order valence-electron chi connectivity index (χ3n) is 5.49. The van der Waals surface area contributed by atoms with Crippen LogP contribution in [0.3, 0.4) is 0 Å². The molecular formula is C22H22O7. The van der Waals surface area contributed by atoms with E-state index < -0.39 is 40.9 Å². The van der Waals surface area contributed by atoms with E-state index in [0.29, 0.717) is 11.1 Å². The first-order valence-corrected chi connectivity index (χ1v) is 9.07. The smallest absolute Gasteiger partial charge is 0.342 e. The molecule has 4 atom stereocenters. The first-order valence-electron chi connectivity index (χ1n) is 9.07. The predicted octanol–water partition coefficient (Wildman–Crippen LogP) is 1.14. The normalized spacial score (nSPS) is 27.4. The monoisotopic (exact) mass is 398 g/mol. The number of aliphatic hydroxyl groups excluding tert-OH is 1. The van der Waals surface area contributed by atoms with Crippen molar-refractivity contribution in [2.75, 3.05) is 0 Å². The number of esters is 1. The van der Waals surface area contributed by atoms with Crippen LogP contribution >= 0.6 is 0 Å². The lowest BCUT2D eigenvalue weighted by atomic mass is 9.73. The van der Waals surface area contributed by atoms with Gasteiger partial charge in [-0.05, 0) is 31.9 Å². The molecule has 3 N–H and O–H groups in total. The van der Waals surface area contributed by atoms with Crippen LogP contribution in [0.1, 0.15) is 38.8 Å². The minimum Gasteiger partial charge on any atom is -0.453 e. The SMILES string of the molecule is Cc1ccccc1C(=O)C(O)[C@H]1OC(=O)[C@](C)(O)[C@@]1(O)C(=O)c1ccccc1C. The molecule has 1 saturated heterocycles. The fraction of sp³-hybridized carbons (Fsp3) is 0.318. The number of rotatable bonds is 5. The van der Waals surface area contributed by atoms with Crippen LogP contribution in [0, 0.1) is 13.8 Å². The van der Waals surface area contributed by atoms with Crippen molar-refractivity contribution in [3.8, 4) is 0 Å². The van der Waals surface area contributed by atoms with E-state index in [1.807, 2.05) is 0 Å². The van der Waals surface area contributed by atoms with E-state index in [9.17, 15) is 29.7 Å². The molecule has 1 aliphatic heterocycles. The number of carbonyl (C=O) groups excluding carboxylic acids is 3. The largest absolute Gasteiger partial charge is 0.453 e. The minimum atomic E-state index is -2.87. The van der Waals surface area contributed by atoms with Crippen molar-refractivity contribution in [2.24, 2.45) is 0 Å². The Bertz CT molecular complexity index is 994. The maximum atomic E-state index is 13.2. The average molecular weight is 398 g/mol. The molecule has 0 radical (unpaired) electrons. The predicted molar refractivity (Wildman–Crippen MR) is 102 cm³/mol. The van der Waals surface area contributed by atoms with Gasteiger partial charge in [0.15, 0.2) is 23.6 Å². The summed E-state index contributed by atoms with van der Waals surface area (Å²) >= 11 is 0. The second kappa shape index (κ2) is 7.18. The van der Waals surface area contributed by atoms with Gasteiger partial charge >= 0.3 is 5.97 Å². The number of Topliss-reactive ketones (excluding diaryl/α,β-unsaturated/α-hetero) is 2. The van der Waals surface area contributed by atoms with Crippen LogP contribution in [-0.2, 0) is 9.53 Å². The zero-order chi connectivity index (χ0) is 21.6. The number of aryl methyl sites for hydroxylation is 2. The van der Waals surface area contributed by atoms with Crippen LogP contribution in [0.2, 0.25) is 0 Å². The van der Waals surface area contributed by atoms with E-state index in [1.54, 1.807) is 50.2 Å². The van der Waals surface area contributed by atoms with E-state index in [2.05, 4.69) is 0 Å². The Kier molecular flexibility index (Phi) is 5.17. The van der Waals surface area contributed by atoms with E-state index in [4.69, 9.17) is 4.74 Å². The lowest BCUT2D eigenvalue weighted by molar-refractivity contribution is -0.157. The third-order valence-corrected chi connectivity index (χ3v) is 5.49.